The molecule has 27 heavy (non-hydrogen) atoms. The van der Waals surface area contributed by atoms with E-state index in [2.05, 4.69) is 10.2 Å². The number of hydrogen-bond donors (Lipinski definition) is 0. The molecular formula is C21H24N4O2. The number of amides is 1. The minimum absolute atomic E-state index is 0.0226. The SMILES string of the molecule is Cc1cccc(OCC(=O)N2CCC[C@@H](c3nnc4ccccn34)C2)c1C. The summed E-state index contributed by atoms with van der Waals surface area (Å²) >= 11 is 0. The molecule has 6 heteroatoms. The van der Waals surface area contributed by atoms with Crippen LogP contribution in [0.25, 0.3) is 5.65 Å². The topological polar surface area (TPSA) is 59.7 Å². The van der Waals surface area contributed by atoms with Crippen molar-refractivity contribution in [2.24, 2.45) is 0 Å². The van der Waals surface area contributed by atoms with E-state index in [0.29, 0.717) is 6.54 Å². The molecule has 0 N–H and O–H groups in total. The van der Waals surface area contributed by atoms with Crippen molar-refractivity contribution >= 4 is 11.6 Å². The van der Waals surface area contributed by atoms with Crippen molar-refractivity contribution in [2.45, 2.75) is 32.6 Å². The number of rotatable bonds is 4. The summed E-state index contributed by atoms with van der Waals surface area (Å²) in [7, 11) is 0. The number of nitrogens with zero attached hydrogens (tertiary/aromatic N) is 4. The lowest BCUT2D eigenvalue weighted by Gasteiger charge is -2.32. The zero-order valence-corrected chi connectivity index (χ0v) is 15.8. The summed E-state index contributed by atoms with van der Waals surface area (Å²) < 4.78 is 7.82. The van der Waals surface area contributed by atoms with E-state index in [1.807, 2.05) is 65.7 Å². The van der Waals surface area contributed by atoms with Crippen LogP contribution in [0.15, 0.2) is 42.6 Å². The van der Waals surface area contributed by atoms with E-state index >= 15 is 0 Å². The van der Waals surface area contributed by atoms with Gasteiger partial charge in [-0.3, -0.25) is 9.20 Å². The van der Waals surface area contributed by atoms with Crippen LogP contribution in [0.4, 0.5) is 0 Å². The third kappa shape index (κ3) is 3.52. The Morgan fingerprint density at radius 3 is 2.96 bits per heavy atom. The fourth-order valence-electron chi connectivity index (χ4n) is 3.66. The van der Waals surface area contributed by atoms with Crippen LogP contribution in [0.1, 0.15) is 35.7 Å². The molecule has 3 heterocycles. The number of ether oxygens (including phenoxy) is 1. The molecule has 0 aliphatic carbocycles. The van der Waals surface area contributed by atoms with Crippen LogP contribution in [0, 0.1) is 13.8 Å². The van der Waals surface area contributed by atoms with Crippen LogP contribution in [0.5, 0.6) is 5.75 Å². The Morgan fingerprint density at radius 2 is 2.07 bits per heavy atom. The van der Waals surface area contributed by atoms with E-state index in [9.17, 15) is 4.79 Å². The molecule has 6 nitrogen and oxygen atoms in total. The number of aryl methyl sites for hydroxylation is 1. The lowest BCUT2D eigenvalue weighted by atomic mass is 9.97. The van der Waals surface area contributed by atoms with Crippen molar-refractivity contribution < 1.29 is 9.53 Å². The second-order valence-corrected chi connectivity index (χ2v) is 7.15. The summed E-state index contributed by atoms with van der Waals surface area (Å²) in [5.74, 6) is 1.93. The predicted octanol–water partition coefficient (Wildman–Crippen LogP) is 3.13. The molecule has 0 radical (unpaired) electrons. The average molecular weight is 364 g/mol. The van der Waals surface area contributed by atoms with Crippen molar-refractivity contribution in [3.05, 3.63) is 59.5 Å². The van der Waals surface area contributed by atoms with Crippen molar-refractivity contribution in [3.63, 3.8) is 0 Å². The van der Waals surface area contributed by atoms with E-state index in [-0.39, 0.29) is 18.4 Å². The van der Waals surface area contributed by atoms with Gasteiger partial charge in [0.2, 0.25) is 0 Å². The Labute approximate surface area is 158 Å². The monoisotopic (exact) mass is 364 g/mol. The molecule has 1 amide bonds. The molecule has 4 rings (SSSR count). The largest absolute Gasteiger partial charge is 0.483 e. The number of piperidine rings is 1. The first kappa shape index (κ1) is 17.5. The Kier molecular flexibility index (Phi) is 4.79. The third-order valence-electron chi connectivity index (χ3n) is 5.39. The van der Waals surface area contributed by atoms with Crippen molar-refractivity contribution in [1.29, 1.82) is 0 Å². The van der Waals surface area contributed by atoms with Gasteiger partial charge in [0.05, 0.1) is 0 Å². The highest BCUT2D eigenvalue weighted by Gasteiger charge is 2.28. The van der Waals surface area contributed by atoms with E-state index in [0.717, 1.165) is 47.7 Å². The zero-order chi connectivity index (χ0) is 18.8. The molecule has 1 aliphatic heterocycles. The standard InChI is InChI=1S/C21H24N4O2/c1-15-7-5-9-18(16(15)2)27-14-20(26)24-11-6-8-17(13-24)21-23-22-19-10-3-4-12-25(19)21/h3-5,7,9-10,12,17H,6,8,11,13-14H2,1-2H3/t17-/m1/s1. The summed E-state index contributed by atoms with van der Waals surface area (Å²) in [6.07, 6.45) is 3.95. The molecular weight excluding hydrogens is 340 g/mol. The molecule has 1 fully saturated rings. The maximum atomic E-state index is 12.7. The van der Waals surface area contributed by atoms with Crippen LogP contribution in [-0.2, 0) is 4.79 Å². The van der Waals surface area contributed by atoms with Gasteiger partial charge in [-0.15, -0.1) is 10.2 Å². The molecule has 3 aromatic rings. The van der Waals surface area contributed by atoms with Gasteiger partial charge < -0.3 is 9.64 Å². The van der Waals surface area contributed by atoms with E-state index < -0.39 is 0 Å². The number of aromatic nitrogens is 3. The molecule has 1 aliphatic rings. The van der Waals surface area contributed by atoms with Gasteiger partial charge in [0.15, 0.2) is 12.3 Å². The first-order valence-electron chi connectivity index (χ1n) is 9.40. The quantitative estimate of drug-likeness (QED) is 0.714. The number of likely N-dealkylation sites (tertiary alicyclic amines) is 1. The Bertz CT molecular complexity index is 966. The summed E-state index contributed by atoms with van der Waals surface area (Å²) in [6, 6.07) is 11.8. The van der Waals surface area contributed by atoms with E-state index in [1.165, 1.54) is 0 Å². The maximum Gasteiger partial charge on any atom is 0.260 e. The average Bonchev–Trinajstić information content (AvgIpc) is 3.13. The smallest absolute Gasteiger partial charge is 0.260 e. The summed E-state index contributed by atoms with van der Waals surface area (Å²) in [5.41, 5.74) is 3.09. The number of carbonyl (C=O) groups excluding carboxylic acids is 1. The number of pyridine rings is 1. The second kappa shape index (κ2) is 7.39. The Balaban J connectivity index is 1.43. The molecule has 0 bridgehead atoms. The molecule has 2 aromatic heterocycles. The number of benzene rings is 1. The van der Waals surface area contributed by atoms with Gasteiger partial charge in [-0.25, -0.2) is 0 Å². The second-order valence-electron chi connectivity index (χ2n) is 7.15. The van der Waals surface area contributed by atoms with Gasteiger partial charge >= 0.3 is 0 Å². The summed E-state index contributed by atoms with van der Waals surface area (Å²) in [6.45, 7) is 5.55. The van der Waals surface area contributed by atoms with Crippen LogP contribution in [0.3, 0.4) is 0 Å². The Morgan fingerprint density at radius 1 is 1.19 bits per heavy atom. The molecule has 0 saturated carbocycles. The van der Waals surface area contributed by atoms with Crippen LogP contribution < -0.4 is 4.74 Å². The molecule has 1 saturated heterocycles. The lowest BCUT2D eigenvalue weighted by molar-refractivity contribution is -0.134. The number of fused-ring (bicyclic) bond motifs is 1. The fourth-order valence-corrected chi connectivity index (χ4v) is 3.66. The summed E-state index contributed by atoms with van der Waals surface area (Å²) in [4.78, 5) is 14.6. The third-order valence-corrected chi connectivity index (χ3v) is 5.39. The number of carbonyl (C=O) groups is 1. The van der Waals surface area contributed by atoms with Gasteiger partial charge in [-0.1, -0.05) is 18.2 Å². The van der Waals surface area contributed by atoms with Crippen LogP contribution in [-0.4, -0.2) is 45.1 Å². The fraction of sp³-hybridized carbons (Fsp3) is 0.381. The van der Waals surface area contributed by atoms with Crippen molar-refractivity contribution in [1.82, 2.24) is 19.5 Å². The minimum atomic E-state index is 0.0226. The first-order chi connectivity index (χ1) is 13.1. The van der Waals surface area contributed by atoms with E-state index in [4.69, 9.17) is 4.74 Å². The molecule has 0 spiro atoms. The molecule has 1 atom stereocenters. The van der Waals surface area contributed by atoms with Gasteiger partial charge in [-0.2, -0.15) is 0 Å². The summed E-state index contributed by atoms with van der Waals surface area (Å²) in [5, 5.41) is 8.61. The number of hydrogen-bond acceptors (Lipinski definition) is 4. The highest BCUT2D eigenvalue weighted by molar-refractivity contribution is 5.78. The van der Waals surface area contributed by atoms with Gasteiger partial charge in [0.25, 0.3) is 5.91 Å². The highest BCUT2D eigenvalue weighted by Crippen LogP contribution is 2.26. The van der Waals surface area contributed by atoms with Crippen LogP contribution in [0.2, 0.25) is 0 Å². The Hall–Kier alpha value is -2.89. The van der Waals surface area contributed by atoms with Crippen molar-refractivity contribution in [3.8, 4) is 5.75 Å². The van der Waals surface area contributed by atoms with Gasteiger partial charge in [-0.05, 0) is 56.0 Å². The van der Waals surface area contributed by atoms with Gasteiger partial charge in [0, 0.05) is 25.2 Å². The maximum absolute atomic E-state index is 12.7. The molecule has 0 unspecified atom stereocenters. The minimum Gasteiger partial charge on any atom is -0.483 e. The van der Waals surface area contributed by atoms with E-state index in [1.54, 1.807) is 0 Å². The normalized spacial score (nSPS) is 17.3. The predicted molar refractivity (Wildman–Crippen MR) is 103 cm³/mol. The lowest BCUT2D eigenvalue weighted by Crippen LogP contribution is -2.42. The zero-order valence-electron chi connectivity index (χ0n) is 15.8. The van der Waals surface area contributed by atoms with Crippen molar-refractivity contribution in [2.75, 3.05) is 19.7 Å². The van der Waals surface area contributed by atoms with Gasteiger partial charge in [0.1, 0.15) is 11.6 Å². The molecule has 140 valence electrons. The highest BCUT2D eigenvalue weighted by atomic mass is 16.5. The van der Waals surface area contributed by atoms with Crippen LogP contribution >= 0.6 is 0 Å². The molecule has 1 aromatic carbocycles. The first-order valence-corrected chi connectivity index (χ1v) is 9.40.